The summed E-state index contributed by atoms with van der Waals surface area (Å²) in [6.45, 7) is 1.78. The lowest BCUT2D eigenvalue weighted by molar-refractivity contribution is -0.122. The largest absolute Gasteiger partial charge is 0.300 e. The van der Waals surface area contributed by atoms with Crippen LogP contribution in [0.5, 0.6) is 0 Å². The van der Waals surface area contributed by atoms with Crippen LogP contribution in [0.15, 0.2) is 35.3 Å². The number of carbonyl (C=O) groups excluding carboxylic acids is 2. The van der Waals surface area contributed by atoms with Crippen molar-refractivity contribution in [1.29, 1.82) is 0 Å². The highest BCUT2D eigenvalue weighted by atomic mass is 16.1. The first-order valence-corrected chi connectivity index (χ1v) is 8.14. The number of isocyanates is 1. The molecule has 0 radical (unpaired) electrons. The lowest BCUT2D eigenvalue weighted by Crippen LogP contribution is -2.45. The number of piperidine rings is 1. The first kappa shape index (κ1) is 15.1. The van der Waals surface area contributed by atoms with Crippen LogP contribution in [-0.4, -0.2) is 35.9 Å². The van der Waals surface area contributed by atoms with Crippen molar-refractivity contribution >= 4 is 11.9 Å². The summed E-state index contributed by atoms with van der Waals surface area (Å²) in [6, 6.07) is 10.6. The maximum Gasteiger partial charge on any atom is 0.235 e. The molecule has 2 fully saturated rings. The minimum atomic E-state index is -0.398. The second kappa shape index (κ2) is 6.55. The fourth-order valence-corrected chi connectivity index (χ4v) is 3.88. The SMILES string of the molecule is O=C=NC1(c2ccccc2)CCC(N2CCC(=O)CC2)CC1. The molecule has 1 aromatic carbocycles. The van der Waals surface area contributed by atoms with E-state index in [0.717, 1.165) is 44.3 Å². The molecule has 1 aliphatic carbocycles. The highest BCUT2D eigenvalue weighted by Crippen LogP contribution is 2.41. The topological polar surface area (TPSA) is 49.7 Å². The molecule has 116 valence electrons. The molecule has 2 aliphatic rings. The third-order valence-electron chi connectivity index (χ3n) is 5.23. The zero-order valence-corrected chi connectivity index (χ0v) is 12.8. The summed E-state index contributed by atoms with van der Waals surface area (Å²) in [4.78, 5) is 29.0. The molecule has 0 amide bonds. The van der Waals surface area contributed by atoms with E-state index in [1.165, 1.54) is 0 Å². The fourth-order valence-electron chi connectivity index (χ4n) is 3.88. The van der Waals surface area contributed by atoms with E-state index in [1.807, 2.05) is 18.2 Å². The molecule has 0 atom stereocenters. The molecule has 1 aromatic rings. The first-order valence-electron chi connectivity index (χ1n) is 8.14. The van der Waals surface area contributed by atoms with Gasteiger partial charge in [-0.3, -0.25) is 9.69 Å². The van der Waals surface area contributed by atoms with Crippen molar-refractivity contribution in [3.05, 3.63) is 35.9 Å². The highest BCUT2D eigenvalue weighted by Gasteiger charge is 2.38. The molecule has 1 saturated carbocycles. The quantitative estimate of drug-likeness (QED) is 0.637. The molecular weight excluding hydrogens is 276 g/mol. The van der Waals surface area contributed by atoms with Crippen LogP contribution >= 0.6 is 0 Å². The third-order valence-corrected chi connectivity index (χ3v) is 5.23. The summed E-state index contributed by atoms with van der Waals surface area (Å²) in [5, 5.41) is 0. The molecule has 3 rings (SSSR count). The molecule has 1 saturated heterocycles. The van der Waals surface area contributed by atoms with Crippen LogP contribution in [0.1, 0.15) is 44.1 Å². The van der Waals surface area contributed by atoms with Crippen LogP contribution in [0.4, 0.5) is 0 Å². The number of aliphatic imine (C=N–C) groups is 1. The van der Waals surface area contributed by atoms with Crippen LogP contribution in [0.25, 0.3) is 0 Å². The molecule has 0 bridgehead atoms. The van der Waals surface area contributed by atoms with Gasteiger partial charge >= 0.3 is 0 Å². The number of benzene rings is 1. The van der Waals surface area contributed by atoms with Crippen molar-refractivity contribution in [2.24, 2.45) is 4.99 Å². The van der Waals surface area contributed by atoms with E-state index in [9.17, 15) is 9.59 Å². The van der Waals surface area contributed by atoms with Gasteiger partial charge in [0.15, 0.2) is 0 Å². The average Bonchev–Trinajstić information content (AvgIpc) is 2.57. The Bertz CT molecular complexity index is 560. The molecule has 1 heterocycles. The second-order valence-corrected chi connectivity index (χ2v) is 6.41. The Kier molecular flexibility index (Phi) is 4.51. The second-order valence-electron chi connectivity index (χ2n) is 6.41. The van der Waals surface area contributed by atoms with Crippen LogP contribution < -0.4 is 0 Å². The van der Waals surface area contributed by atoms with Gasteiger partial charge in [-0.1, -0.05) is 30.3 Å². The van der Waals surface area contributed by atoms with E-state index >= 15 is 0 Å². The third kappa shape index (κ3) is 3.03. The number of hydrogen-bond acceptors (Lipinski definition) is 4. The van der Waals surface area contributed by atoms with Crippen LogP contribution in [0.2, 0.25) is 0 Å². The van der Waals surface area contributed by atoms with Crippen LogP contribution in [-0.2, 0) is 15.1 Å². The molecule has 4 nitrogen and oxygen atoms in total. The number of hydrogen-bond donors (Lipinski definition) is 0. The van der Waals surface area contributed by atoms with E-state index in [1.54, 1.807) is 6.08 Å². The van der Waals surface area contributed by atoms with E-state index < -0.39 is 5.54 Å². The summed E-state index contributed by atoms with van der Waals surface area (Å²) >= 11 is 0. The van der Waals surface area contributed by atoms with Gasteiger partial charge in [0.2, 0.25) is 6.08 Å². The van der Waals surface area contributed by atoms with Gasteiger partial charge in [0.25, 0.3) is 0 Å². The maximum absolute atomic E-state index is 11.4. The Hall–Kier alpha value is -1.77. The molecular formula is C18H22N2O2. The van der Waals surface area contributed by atoms with Gasteiger partial charge in [0.05, 0.1) is 5.54 Å². The van der Waals surface area contributed by atoms with Gasteiger partial charge in [-0.25, -0.2) is 4.79 Å². The zero-order chi connectivity index (χ0) is 15.4. The predicted molar refractivity (Wildman–Crippen MR) is 84.3 cm³/mol. The zero-order valence-electron chi connectivity index (χ0n) is 12.8. The van der Waals surface area contributed by atoms with Gasteiger partial charge < -0.3 is 0 Å². The fraction of sp³-hybridized carbons (Fsp3) is 0.556. The Morgan fingerprint density at radius 3 is 2.32 bits per heavy atom. The molecule has 22 heavy (non-hydrogen) atoms. The number of carbonyl (C=O) groups is 1. The minimum Gasteiger partial charge on any atom is -0.300 e. The number of rotatable bonds is 3. The van der Waals surface area contributed by atoms with Crippen molar-refractivity contribution in [3.63, 3.8) is 0 Å². The minimum absolute atomic E-state index is 0.385. The molecule has 0 unspecified atom stereocenters. The smallest absolute Gasteiger partial charge is 0.235 e. The molecule has 0 aromatic heterocycles. The first-order chi connectivity index (χ1) is 10.7. The number of Topliss-reactive ketones (excluding diaryl/α,β-unsaturated/α-hetero) is 1. The Labute approximate surface area is 131 Å². The standard InChI is InChI=1S/C18H22N2O2/c21-14-19-18(15-4-2-1-3-5-15)10-6-16(7-11-18)20-12-8-17(22)9-13-20/h1-5,16H,6-13H2. The lowest BCUT2D eigenvalue weighted by atomic mass is 9.75. The number of ketones is 1. The lowest BCUT2D eigenvalue weighted by Gasteiger charge is -2.42. The highest BCUT2D eigenvalue weighted by molar-refractivity contribution is 5.79. The maximum atomic E-state index is 11.4. The normalized spacial score (nSPS) is 29.8. The summed E-state index contributed by atoms with van der Waals surface area (Å²) < 4.78 is 0. The molecule has 1 aliphatic heterocycles. The van der Waals surface area contributed by atoms with E-state index in [0.29, 0.717) is 24.7 Å². The van der Waals surface area contributed by atoms with Crippen molar-refractivity contribution in [2.45, 2.75) is 50.1 Å². The van der Waals surface area contributed by atoms with Gasteiger partial charge in [0.1, 0.15) is 5.78 Å². The summed E-state index contributed by atoms with van der Waals surface area (Å²) in [5.74, 6) is 0.385. The number of nitrogens with zero attached hydrogens (tertiary/aromatic N) is 2. The van der Waals surface area contributed by atoms with Crippen molar-refractivity contribution in [1.82, 2.24) is 4.90 Å². The Balaban J connectivity index is 1.70. The monoisotopic (exact) mass is 298 g/mol. The van der Waals surface area contributed by atoms with Gasteiger partial charge in [-0.15, -0.1) is 0 Å². The van der Waals surface area contributed by atoms with Crippen molar-refractivity contribution in [2.75, 3.05) is 13.1 Å². The van der Waals surface area contributed by atoms with E-state index in [-0.39, 0.29) is 0 Å². The van der Waals surface area contributed by atoms with Crippen LogP contribution in [0, 0.1) is 0 Å². The summed E-state index contributed by atoms with van der Waals surface area (Å²) in [5.41, 5.74) is 0.719. The van der Waals surface area contributed by atoms with Crippen molar-refractivity contribution in [3.8, 4) is 0 Å². The molecule has 0 N–H and O–H groups in total. The molecule has 4 heteroatoms. The van der Waals surface area contributed by atoms with Crippen LogP contribution in [0.3, 0.4) is 0 Å². The Morgan fingerprint density at radius 1 is 1.09 bits per heavy atom. The average molecular weight is 298 g/mol. The van der Waals surface area contributed by atoms with Gasteiger partial charge in [-0.05, 0) is 31.2 Å². The van der Waals surface area contributed by atoms with Crippen molar-refractivity contribution < 1.29 is 9.59 Å². The summed E-state index contributed by atoms with van der Waals surface area (Å²) in [7, 11) is 0. The predicted octanol–water partition coefficient (Wildman–Crippen LogP) is 2.83. The Morgan fingerprint density at radius 2 is 1.73 bits per heavy atom. The summed E-state index contributed by atoms with van der Waals surface area (Å²) in [6.07, 6.45) is 6.97. The van der Waals surface area contributed by atoms with E-state index in [4.69, 9.17) is 0 Å². The molecule has 0 spiro atoms. The van der Waals surface area contributed by atoms with Gasteiger partial charge in [0, 0.05) is 32.0 Å². The van der Waals surface area contributed by atoms with Gasteiger partial charge in [-0.2, -0.15) is 4.99 Å². The van der Waals surface area contributed by atoms with E-state index in [2.05, 4.69) is 22.0 Å². The number of likely N-dealkylation sites (tertiary alicyclic amines) is 1.